The van der Waals surface area contributed by atoms with Gasteiger partial charge in [-0.05, 0) is 29.3 Å². The molecular formula is C19H19F3N2O5S. The maximum atomic E-state index is 12.3. The molecule has 7 nitrogen and oxygen atoms in total. The Kier molecular flexibility index (Phi) is 7.93. The second kappa shape index (κ2) is 10.2. The second-order valence-electron chi connectivity index (χ2n) is 6.20. The highest BCUT2D eigenvalue weighted by Gasteiger charge is 2.31. The van der Waals surface area contributed by atoms with Crippen molar-refractivity contribution in [2.24, 2.45) is 0 Å². The Balaban J connectivity index is 1.85. The van der Waals surface area contributed by atoms with E-state index in [0.29, 0.717) is 16.9 Å². The summed E-state index contributed by atoms with van der Waals surface area (Å²) < 4.78 is 45.3. The van der Waals surface area contributed by atoms with Crippen LogP contribution in [0.15, 0.2) is 42.5 Å². The monoisotopic (exact) mass is 444 g/mol. The van der Waals surface area contributed by atoms with Crippen LogP contribution in [0.25, 0.3) is 0 Å². The average molecular weight is 444 g/mol. The molecule has 0 atom stereocenters. The van der Waals surface area contributed by atoms with Gasteiger partial charge in [0.15, 0.2) is 5.75 Å². The third-order valence-electron chi connectivity index (χ3n) is 3.94. The number of methoxy groups -OCH3 is 1. The molecule has 0 aromatic heterocycles. The molecule has 162 valence electrons. The normalized spacial score (nSPS) is 11.1. The zero-order chi connectivity index (χ0) is 22.3. The van der Waals surface area contributed by atoms with E-state index in [1.807, 2.05) is 0 Å². The first-order chi connectivity index (χ1) is 14.1. The Bertz CT molecular complexity index is 891. The van der Waals surface area contributed by atoms with E-state index in [1.54, 1.807) is 13.1 Å². The van der Waals surface area contributed by atoms with Crippen molar-refractivity contribution < 1.29 is 32.4 Å². The molecule has 0 aliphatic heterocycles. The summed E-state index contributed by atoms with van der Waals surface area (Å²) in [5, 5.41) is 11.1. The molecule has 2 aromatic carbocycles. The number of nitro benzene ring substituents is 1. The molecule has 0 aliphatic rings. The smallest absolute Gasteiger partial charge is 0.490 e. The standard InChI is InChI=1S/C19H19F3N2O5S/c1-23(10-13-3-6-15(7-4-13)29-19(20,21)22)18(25)12-30-11-14-5-8-17(28-2)16(9-14)24(26)27/h3-9H,10-12H2,1-2H3. The molecule has 0 saturated heterocycles. The zero-order valence-electron chi connectivity index (χ0n) is 16.1. The van der Waals surface area contributed by atoms with Gasteiger partial charge in [0.25, 0.3) is 0 Å². The Morgan fingerprint density at radius 2 is 1.80 bits per heavy atom. The van der Waals surface area contributed by atoms with E-state index in [2.05, 4.69) is 4.74 Å². The van der Waals surface area contributed by atoms with Gasteiger partial charge >= 0.3 is 12.0 Å². The lowest BCUT2D eigenvalue weighted by molar-refractivity contribution is -0.385. The first-order valence-corrected chi connectivity index (χ1v) is 9.72. The van der Waals surface area contributed by atoms with Gasteiger partial charge in [-0.15, -0.1) is 24.9 Å². The number of benzene rings is 2. The molecule has 0 bridgehead atoms. The molecule has 0 radical (unpaired) electrons. The van der Waals surface area contributed by atoms with Crippen molar-refractivity contribution in [3.8, 4) is 11.5 Å². The molecule has 2 rings (SSSR count). The fraction of sp³-hybridized carbons (Fsp3) is 0.316. The first kappa shape index (κ1) is 23.3. The quantitative estimate of drug-likeness (QED) is 0.421. The van der Waals surface area contributed by atoms with E-state index in [4.69, 9.17) is 4.74 Å². The van der Waals surface area contributed by atoms with Gasteiger partial charge in [0.05, 0.1) is 17.8 Å². The zero-order valence-corrected chi connectivity index (χ0v) is 17.0. The van der Waals surface area contributed by atoms with Gasteiger partial charge in [0.2, 0.25) is 5.91 Å². The van der Waals surface area contributed by atoms with Crippen molar-refractivity contribution in [3.05, 3.63) is 63.7 Å². The number of nitrogens with zero attached hydrogens (tertiary/aromatic N) is 2. The van der Waals surface area contributed by atoms with Gasteiger partial charge in [-0.1, -0.05) is 18.2 Å². The summed E-state index contributed by atoms with van der Waals surface area (Å²) in [4.78, 5) is 24.2. The average Bonchev–Trinajstić information content (AvgIpc) is 2.68. The predicted molar refractivity (Wildman–Crippen MR) is 105 cm³/mol. The van der Waals surface area contributed by atoms with Crippen molar-refractivity contribution in [1.82, 2.24) is 4.90 Å². The number of halogens is 3. The fourth-order valence-corrected chi connectivity index (χ4v) is 3.41. The number of hydrogen-bond donors (Lipinski definition) is 0. The van der Waals surface area contributed by atoms with Crippen LogP contribution in [0.5, 0.6) is 11.5 Å². The van der Waals surface area contributed by atoms with E-state index in [-0.39, 0.29) is 35.4 Å². The highest BCUT2D eigenvalue weighted by Crippen LogP contribution is 2.29. The topological polar surface area (TPSA) is 81.9 Å². The predicted octanol–water partition coefficient (Wildman–Crippen LogP) is 4.39. The number of amides is 1. The SMILES string of the molecule is COc1ccc(CSCC(=O)N(C)Cc2ccc(OC(F)(F)F)cc2)cc1[N+](=O)[O-]. The summed E-state index contributed by atoms with van der Waals surface area (Å²) in [6.07, 6.45) is -4.75. The third kappa shape index (κ3) is 7.14. The van der Waals surface area contributed by atoms with Crippen molar-refractivity contribution in [1.29, 1.82) is 0 Å². The number of nitro groups is 1. The number of rotatable bonds is 9. The molecule has 0 saturated carbocycles. The van der Waals surface area contributed by atoms with Crippen LogP contribution in [0.4, 0.5) is 18.9 Å². The minimum Gasteiger partial charge on any atom is -0.490 e. The largest absolute Gasteiger partial charge is 0.573 e. The maximum absolute atomic E-state index is 12.3. The fourth-order valence-electron chi connectivity index (χ4n) is 2.49. The van der Waals surface area contributed by atoms with Gasteiger partial charge in [-0.25, -0.2) is 0 Å². The van der Waals surface area contributed by atoms with E-state index in [9.17, 15) is 28.1 Å². The highest BCUT2D eigenvalue weighted by molar-refractivity contribution is 7.99. The van der Waals surface area contributed by atoms with Gasteiger partial charge < -0.3 is 14.4 Å². The summed E-state index contributed by atoms with van der Waals surface area (Å²) >= 11 is 1.30. The van der Waals surface area contributed by atoms with E-state index >= 15 is 0 Å². The Hall–Kier alpha value is -2.95. The number of carbonyl (C=O) groups excluding carboxylic acids is 1. The Morgan fingerprint density at radius 3 is 2.37 bits per heavy atom. The lowest BCUT2D eigenvalue weighted by atomic mass is 10.2. The molecule has 2 aromatic rings. The first-order valence-electron chi connectivity index (χ1n) is 8.56. The summed E-state index contributed by atoms with van der Waals surface area (Å²) in [6, 6.07) is 9.89. The highest BCUT2D eigenvalue weighted by atomic mass is 32.2. The number of carbonyl (C=O) groups is 1. The van der Waals surface area contributed by atoms with Crippen LogP contribution >= 0.6 is 11.8 Å². The van der Waals surface area contributed by atoms with Gasteiger partial charge in [0, 0.05) is 25.4 Å². The van der Waals surface area contributed by atoms with Crippen molar-refractivity contribution in [2.45, 2.75) is 18.7 Å². The molecule has 0 heterocycles. The van der Waals surface area contributed by atoms with E-state index in [1.165, 1.54) is 60.2 Å². The number of hydrogen-bond acceptors (Lipinski definition) is 6. The lowest BCUT2D eigenvalue weighted by Crippen LogP contribution is -2.27. The van der Waals surface area contributed by atoms with Crippen molar-refractivity contribution in [2.75, 3.05) is 19.9 Å². The number of thioether (sulfide) groups is 1. The van der Waals surface area contributed by atoms with Crippen LogP contribution in [-0.4, -0.2) is 42.0 Å². The van der Waals surface area contributed by atoms with Crippen LogP contribution in [0.1, 0.15) is 11.1 Å². The summed E-state index contributed by atoms with van der Waals surface area (Å²) in [5.74, 6) is 0.193. The van der Waals surface area contributed by atoms with Crippen LogP contribution in [0.3, 0.4) is 0 Å². The maximum Gasteiger partial charge on any atom is 0.573 e. The summed E-state index contributed by atoms with van der Waals surface area (Å²) in [7, 11) is 2.93. The molecule has 30 heavy (non-hydrogen) atoms. The molecule has 0 N–H and O–H groups in total. The van der Waals surface area contributed by atoms with Gasteiger partial charge in [0.1, 0.15) is 5.75 Å². The summed E-state index contributed by atoms with van der Waals surface area (Å²) in [5.41, 5.74) is 1.19. The Morgan fingerprint density at radius 1 is 1.17 bits per heavy atom. The van der Waals surface area contributed by atoms with Crippen molar-refractivity contribution in [3.63, 3.8) is 0 Å². The van der Waals surface area contributed by atoms with Gasteiger partial charge in [-0.2, -0.15) is 0 Å². The van der Waals surface area contributed by atoms with Crippen LogP contribution in [0, 0.1) is 10.1 Å². The van der Waals surface area contributed by atoms with E-state index < -0.39 is 11.3 Å². The second-order valence-corrected chi connectivity index (χ2v) is 7.18. The van der Waals surface area contributed by atoms with Crippen LogP contribution in [-0.2, 0) is 17.1 Å². The number of alkyl halides is 3. The van der Waals surface area contributed by atoms with Crippen LogP contribution < -0.4 is 9.47 Å². The van der Waals surface area contributed by atoms with Crippen LogP contribution in [0.2, 0.25) is 0 Å². The molecule has 0 aliphatic carbocycles. The molecular weight excluding hydrogens is 425 g/mol. The molecule has 0 fully saturated rings. The minimum absolute atomic E-state index is 0.142. The molecule has 1 amide bonds. The third-order valence-corrected chi connectivity index (χ3v) is 4.93. The Labute approximate surface area is 174 Å². The summed E-state index contributed by atoms with van der Waals surface area (Å²) in [6.45, 7) is 0.222. The van der Waals surface area contributed by atoms with Crippen molar-refractivity contribution >= 4 is 23.4 Å². The molecule has 0 unspecified atom stereocenters. The molecule has 11 heteroatoms. The number of ether oxygens (including phenoxy) is 2. The minimum atomic E-state index is -4.75. The lowest BCUT2D eigenvalue weighted by Gasteiger charge is -2.17. The van der Waals surface area contributed by atoms with Gasteiger partial charge in [-0.3, -0.25) is 14.9 Å². The van der Waals surface area contributed by atoms with E-state index in [0.717, 1.165) is 0 Å². The molecule has 0 spiro atoms.